The Morgan fingerprint density at radius 2 is 2.14 bits per heavy atom. The first-order valence-corrected chi connectivity index (χ1v) is 6.34. The first-order valence-electron chi connectivity index (χ1n) is 5.96. The van der Waals surface area contributed by atoms with Gasteiger partial charge in [-0.25, -0.2) is 4.79 Å². The van der Waals surface area contributed by atoms with Crippen LogP contribution < -0.4 is 10.5 Å². The van der Waals surface area contributed by atoms with Gasteiger partial charge < -0.3 is 15.6 Å². The number of nitriles is 1. The molecule has 6 heteroatoms. The Morgan fingerprint density at radius 3 is 2.76 bits per heavy atom. The van der Waals surface area contributed by atoms with Crippen LogP contribution >= 0.6 is 11.6 Å². The van der Waals surface area contributed by atoms with E-state index in [0.717, 1.165) is 0 Å². The Morgan fingerprint density at radius 1 is 1.38 bits per heavy atom. The molecule has 0 aliphatic rings. The summed E-state index contributed by atoms with van der Waals surface area (Å²) in [5.74, 6) is -0.989. The van der Waals surface area contributed by atoms with Gasteiger partial charge in [-0.15, -0.1) is 0 Å². The number of carboxylic acid groups (broad SMARTS) is 1. The molecule has 0 bridgehead atoms. The molecule has 21 heavy (non-hydrogen) atoms. The molecule has 106 valence electrons. The second kappa shape index (κ2) is 6.16. The highest BCUT2D eigenvalue weighted by molar-refractivity contribution is 6.31. The highest BCUT2D eigenvalue weighted by Gasteiger charge is 2.15. The van der Waals surface area contributed by atoms with Crippen LogP contribution in [-0.4, -0.2) is 11.1 Å². The van der Waals surface area contributed by atoms with Gasteiger partial charge in [0.2, 0.25) is 0 Å². The summed E-state index contributed by atoms with van der Waals surface area (Å²) in [7, 11) is 0. The number of hydrogen-bond acceptors (Lipinski definition) is 4. The molecule has 0 unspecified atom stereocenters. The second-order valence-electron chi connectivity index (χ2n) is 4.23. The van der Waals surface area contributed by atoms with Crippen LogP contribution in [0.4, 0.5) is 5.69 Å². The van der Waals surface area contributed by atoms with E-state index in [0.29, 0.717) is 16.1 Å². The van der Waals surface area contributed by atoms with Crippen molar-refractivity contribution in [3.05, 3.63) is 58.1 Å². The van der Waals surface area contributed by atoms with Crippen molar-refractivity contribution >= 4 is 23.3 Å². The maximum Gasteiger partial charge on any atom is 0.341 e. The molecule has 0 spiro atoms. The predicted molar refractivity (Wildman–Crippen MR) is 78.3 cm³/mol. The zero-order valence-corrected chi connectivity index (χ0v) is 11.6. The zero-order chi connectivity index (χ0) is 15.4. The van der Waals surface area contributed by atoms with E-state index < -0.39 is 5.97 Å². The minimum Gasteiger partial charge on any atom is -0.488 e. The van der Waals surface area contributed by atoms with Crippen molar-refractivity contribution in [3.63, 3.8) is 0 Å². The Labute approximate surface area is 126 Å². The maximum atomic E-state index is 11.2. The van der Waals surface area contributed by atoms with Crippen molar-refractivity contribution in [2.45, 2.75) is 6.61 Å². The standard InChI is InChI=1S/C15H11ClN2O3/c16-11-6-9(7-17)4-5-10(11)8-21-13-3-1-2-12(18)14(13)15(19)20/h1-6H,8,18H2,(H,19,20). The summed E-state index contributed by atoms with van der Waals surface area (Å²) in [5, 5.41) is 18.3. The Balaban J connectivity index is 2.23. The van der Waals surface area contributed by atoms with Gasteiger partial charge in [-0.3, -0.25) is 0 Å². The summed E-state index contributed by atoms with van der Waals surface area (Å²) in [6.45, 7) is 0.0777. The van der Waals surface area contributed by atoms with Crippen molar-refractivity contribution in [1.82, 2.24) is 0 Å². The third-order valence-electron chi connectivity index (χ3n) is 2.84. The summed E-state index contributed by atoms with van der Waals surface area (Å²) in [4.78, 5) is 11.2. The van der Waals surface area contributed by atoms with Gasteiger partial charge in [-0.05, 0) is 24.3 Å². The monoisotopic (exact) mass is 302 g/mol. The summed E-state index contributed by atoms with van der Waals surface area (Å²) in [5.41, 5.74) is 6.78. The quantitative estimate of drug-likeness (QED) is 0.846. The van der Waals surface area contributed by atoms with E-state index in [9.17, 15) is 4.79 Å². The fourth-order valence-corrected chi connectivity index (χ4v) is 2.02. The number of nitrogens with two attached hydrogens (primary N) is 1. The van der Waals surface area contributed by atoms with Crippen LogP contribution in [0.25, 0.3) is 0 Å². The molecule has 0 saturated carbocycles. The smallest absolute Gasteiger partial charge is 0.341 e. The van der Waals surface area contributed by atoms with Gasteiger partial charge in [0.15, 0.2) is 0 Å². The van der Waals surface area contributed by atoms with Gasteiger partial charge in [-0.2, -0.15) is 5.26 Å². The lowest BCUT2D eigenvalue weighted by Gasteiger charge is -2.11. The van der Waals surface area contributed by atoms with E-state index in [1.165, 1.54) is 18.2 Å². The molecule has 0 aliphatic heterocycles. The molecule has 0 fully saturated rings. The third kappa shape index (κ3) is 3.25. The minimum atomic E-state index is -1.16. The van der Waals surface area contributed by atoms with E-state index in [1.807, 2.05) is 6.07 Å². The number of carbonyl (C=O) groups is 1. The summed E-state index contributed by atoms with van der Waals surface area (Å²) in [6.07, 6.45) is 0. The lowest BCUT2D eigenvalue weighted by molar-refractivity contribution is 0.0693. The number of aromatic carboxylic acids is 1. The Bertz CT molecular complexity index is 738. The molecule has 2 aromatic carbocycles. The summed E-state index contributed by atoms with van der Waals surface area (Å²) >= 11 is 6.04. The lowest BCUT2D eigenvalue weighted by atomic mass is 10.1. The van der Waals surface area contributed by atoms with Crippen LogP contribution in [0, 0.1) is 11.3 Å². The van der Waals surface area contributed by atoms with Crippen molar-refractivity contribution < 1.29 is 14.6 Å². The molecule has 0 heterocycles. The summed E-state index contributed by atoms with van der Waals surface area (Å²) < 4.78 is 5.49. The number of benzene rings is 2. The summed E-state index contributed by atoms with van der Waals surface area (Å²) in [6, 6.07) is 11.4. The van der Waals surface area contributed by atoms with Crippen molar-refractivity contribution in [3.8, 4) is 11.8 Å². The first kappa shape index (κ1) is 14.7. The number of ether oxygens (including phenoxy) is 1. The van der Waals surface area contributed by atoms with E-state index >= 15 is 0 Å². The zero-order valence-electron chi connectivity index (χ0n) is 10.8. The van der Waals surface area contributed by atoms with Gasteiger partial charge in [0, 0.05) is 16.3 Å². The first-order chi connectivity index (χ1) is 10.0. The normalized spacial score (nSPS) is 9.90. The molecule has 0 atom stereocenters. The SMILES string of the molecule is N#Cc1ccc(COc2cccc(N)c2C(=O)O)c(Cl)c1. The fraction of sp³-hybridized carbons (Fsp3) is 0.0667. The number of nitrogen functional groups attached to an aromatic ring is 1. The van der Waals surface area contributed by atoms with Gasteiger partial charge in [-0.1, -0.05) is 23.7 Å². The van der Waals surface area contributed by atoms with Crippen LogP contribution in [-0.2, 0) is 6.61 Å². The van der Waals surface area contributed by atoms with Crippen LogP contribution in [0.3, 0.4) is 0 Å². The molecule has 0 amide bonds. The highest BCUT2D eigenvalue weighted by Crippen LogP contribution is 2.26. The third-order valence-corrected chi connectivity index (χ3v) is 3.19. The van der Waals surface area contributed by atoms with Crippen LogP contribution in [0.15, 0.2) is 36.4 Å². The molecule has 0 radical (unpaired) electrons. The van der Waals surface area contributed by atoms with Crippen LogP contribution in [0.2, 0.25) is 5.02 Å². The molecule has 5 nitrogen and oxygen atoms in total. The molecule has 2 rings (SSSR count). The van der Waals surface area contributed by atoms with E-state index in [-0.39, 0.29) is 23.6 Å². The van der Waals surface area contributed by atoms with Crippen molar-refractivity contribution in [2.24, 2.45) is 0 Å². The topological polar surface area (TPSA) is 96.3 Å². The van der Waals surface area contributed by atoms with E-state index in [1.54, 1.807) is 18.2 Å². The molecule has 2 aromatic rings. The molecule has 0 aliphatic carbocycles. The average Bonchev–Trinajstić information content (AvgIpc) is 2.45. The Hall–Kier alpha value is -2.71. The van der Waals surface area contributed by atoms with Gasteiger partial charge in [0.25, 0.3) is 0 Å². The molecule has 0 saturated heterocycles. The fourth-order valence-electron chi connectivity index (χ4n) is 1.79. The molecule has 3 N–H and O–H groups in total. The second-order valence-corrected chi connectivity index (χ2v) is 4.64. The molecule has 0 aromatic heterocycles. The van der Waals surface area contributed by atoms with Crippen LogP contribution in [0.1, 0.15) is 21.5 Å². The van der Waals surface area contributed by atoms with Crippen molar-refractivity contribution in [1.29, 1.82) is 5.26 Å². The van der Waals surface area contributed by atoms with E-state index in [2.05, 4.69) is 0 Å². The number of rotatable bonds is 4. The number of nitrogens with zero attached hydrogens (tertiary/aromatic N) is 1. The number of hydrogen-bond donors (Lipinski definition) is 2. The largest absolute Gasteiger partial charge is 0.488 e. The van der Waals surface area contributed by atoms with Crippen molar-refractivity contribution in [2.75, 3.05) is 5.73 Å². The number of anilines is 1. The lowest BCUT2D eigenvalue weighted by Crippen LogP contribution is -2.07. The predicted octanol–water partition coefficient (Wildman–Crippen LogP) is 3.07. The number of carboxylic acids is 1. The molecular formula is C15H11ClN2O3. The van der Waals surface area contributed by atoms with Gasteiger partial charge in [0.05, 0.1) is 11.6 Å². The maximum absolute atomic E-state index is 11.2. The number of halogens is 1. The minimum absolute atomic E-state index is 0.0777. The molecular weight excluding hydrogens is 292 g/mol. The van der Waals surface area contributed by atoms with Gasteiger partial charge >= 0.3 is 5.97 Å². The highest BCUT2D eigenvalue weighted by atomic mass is 35.5. The Kier molecular flexibility index (Phi) is 4.31. The van der Waals surface area contributed by atoms with E-state index in [4.69, 9.17) is 32.4 Å². The average molecular weight is 303 g/mol. The van der Waals surface area contributed by atoms with Crippen LogP contribution in [0.5, 0.6) is 5.75 Å². The van der Waals surface area contributed by atoms with Gasteiger partial charge in [0.1, 0.15) is 17.9 Å².